The van der Waals surface area contributed by atoms with Gasteiger partial charge in [-0.3, -0.25) is 4.68 Å². The van der Waals surface area contributed by atoms with Crippen LogP contribution < -0.4 is 4.90 Å². The van der Waals surface area contributed by atoms with Crippen molar-refractivity contribution in [1.29, 1.82) is 0 Å². The van der Waals surface area contributed by atoms with Crippen molar-refractivity contribution in [2.24, 2.45) is 5.92 Å². The predicted molar refractivity (Wildman–Crippen MR) is 78.7 cm³/mol. The number of aryl methyl sites for hydroxylation is 2. The van der Waals surface area contributed by atoms with Gasteiger partial charge >= 0.3 is 0 Å². The number of hydrogen-bond acceptors (Lipinski definition) is 4. The molecule has 5 heteroatoms. The van der Waals surface area contributed by atoms with Gasteiger partial charge in [-0.2, -0.15) is 5.10 Å². The van der Waals surface area contributed by atoms with Gasteiger partial charge in [0.15, 0.2) is 0 Å². The van der Waals surface area contributed by atoms with Crippen LogP contribution in [-0.2, 0) is 6.54 Å². The molecule has 0 bridgehead atoms. The summed E-state index contributed by atoms with van der Waals surface area (Å²) < 4.78 is 2.04. The smallest absolute Gasteiger partial charge is 0.225 e. The number of aromatic nitrogens is 4. The molecule has 2 aromatic heterocycles. The summed E-state index contributed by atoms with van der Waals surface area (Å²) in [5, 5.41) is 4.29. The Hall–Kier alpha value is -1.91. The molecule has 1 saturated heterocycles. The maximum Gasteiger partial charge on any atom is 0.225 e. The first-order chi connectivity index (χ1) is 9.70. The first kappa shape index (κ1) is 13.1. The lowest BCUT2D eigenvalue weighted by molar-refractivity contribution is 0.340. The van der Waals surface area contributed by atoms with E-state index in [0.717, 1.165) is 37.0 Å². The third-order valence-corrected chi connectivity index (χ3v) is 3.87. The minimum atomic E-state index is 0.706. The number of hydrogen-bond donors (Lipinski definition) is 0. The maximum atomic E-state index is 4.56. The number of anilines is 1. The average molecular weight is 271 g/mol. The highest BCUT2D eigenvalue weighted by atomic mass is 15.3. The van der Waals surface area contributed by atoms with Crippen LogP contribution in [0, 0.1) is 19.8 Å². The van der Waals surface area contributed by atoms with Crippen LogP contribution >= 0.6 is 0 Å². The van der Waals surface area contributed by atoms with Crippen molar-refractivity contribution in [3.05, 3.63) is 35.9 Å². The highest BCUT2D eigenvalue weighted by Crippen LogP contribution is 2.22. The summed E-state index contributed by atoms with van der Waals surface area (Å²) in [6.45, 7) is 7.16. The van der Waals surface area contributed by atoms with Crippen LogP contribution in [0.2, 0.25) is 0 Å². The lowest BCUT2D eigenvalue weighted by atomic mass is 9.97. The van der Waals surface area contributed by atoms with E-state index < -0.39 is 0 Å². The van der Waals surface area contributed by atoms with Crippen molar-refractivity contribution in [3.63, 3.8) is 0 Å². The number of piperidine rings is 1. The second-order valence-corrected chi connectivity index (χ2v) is 5.61. The standard InChI is InChI=1S/C15H21N5/c1-12-10-13(2)18-15(17-12)19-8-4-14(5-9-19)11-20-7-3-6-16-20/h3,6-7,10,14H,4-5,8-9,11H2,1-2H3. The monoisotopic (exact) mass is 271 g/mol. The molecule has 0 aliphatic carbocycles. The zero-order valence-corrected chi connectivity index (χ0v) is 12.2. The molecule has 0 N–H and O–H groups in total. The Morgan fingerprint density at radius 3 is 2.45 bits per heavy atom. The minimum absolute atomic E-state index is 0.706. The first-order valence-electron chi connectivity index (χ1n) is 7.25. The highest BCUT2D eigenvalue weighted by molar-refractivity contribution is 5.32. The van der Waals surface area contributed by atoms with E-state index in [0.29, 0.717) is 5.92 Å². The molecule has 0 saturated carbocycles. The molecule has 0 aromatic carbocycles. The molecule has 2 aromatic rings. The Bertz CT molecular complexity index is 535. The van der Waals surface area contributed by atoms with E-state index in [1.807, 2.05) is 43.1 Å². The Balaban J connectivity index is 1.60. The third kappa shape index (κ3) is 2.98. The molecule has 3 heterocycles. The summed E-state index contributed by atoms with van der Waals surface area (Å²) in [6, 6.07) is 4.01. The van der Waals surface area contributed by atoms with E-state index in [1.165, 1.54) is 12.8 Å². The summed E-state index contributed by atoms with van der Waals surface area (Å²) in [4.78, 5) is 11.4. The molecule has 1 aliphatic heterocycles. The zero-order valence-electron chi connectivity index (χ0n) is 12.2. The first-order valence-corrected chi connectivity index (χ1v) is 7.25. The lowest BCUT2D eigenvalue weighted by Crippen LogP contribution is -2.36. The van der Waals surface area contributed by atoms with E-state index in [9.17, 15) is 0 Å². The van der Waals surface area contributed by atoms with Crippen molar-refractivity contribution < 1.29 is 0 Å². The quantitative estimate of drug-likeness (QED) is 0.858. The largest absolute Gasteiger partial charge is 0.341 e. The van der Waals surface area contributed by atoms with Gasteiger partial charge in [-0.1, -0.05) is 0 Å². The van der Waals surface area contributed by atoms with Gasteiger partial charge in [0.2, 0.25) is 5.95 Å². The van der Waals surface area contributed by atoms with Gasteiger partial charge in [0.05, 0.1) is 0 Å². The molecule has 106 valence electrons. The molecule has 1 fully saturated rings. The fourth-order valence-corrected chi connectivity index (χ4v) is 2.84. The van der Waals surface area contributed by atoms with Gasteiger partial charge in [0.25, 0.3) is 0 Å². The Morgan fingerprint density at radius 2 is 1.85 bits per heavy atom. The molecule has 0 unspecified atom stereocenters. The molecule has 0 radical (unpaired) electrons. The fourth-order valence-electron chi connectivity index (χ4n) is 2.84. The van der Waals surface area contributed by atoms with Crippen molar-refractivity contribution in [2.45, 2.75) is 33.2 Å². The molecule has 0 spiro atoms. The van der Waals surface area contributed by atoms with Gasteiger partial charge in [-0.25, -0.2) is 9.97 Å². The minimum Gasteiger partial charge on any atom is -0.341 e. The summed E-state index contributed by atoms with van der Waals surface area (Å²) in [7, 11) is 0. The Kier molecular flexibility index (Phi) is 3.67. The second-order valence-electron chi connectivity index (χ2n) is 5.61. The predicted octanol–water partition coefficient (Wildman–Crippen LogP) is 2.21. The van der Waals surface area contributed by atoms with E-state index in [4.69, 9.17) is 0 Å². The third-order valence-electron chi connectivity index (χ3n) is 3.87. The number of rotatable bonds is 3. The van der Waals surface area contributed by atoms with E-state index in [1.54, 1.807) is 0 Å². The van der Waals surface area contributed by atoms with Gasteiger partial charge in [-0.05, 0) is 44.7 Å². The molecule has 1 aliphatic rings. The van der Waals surface area contributed by atoms with Crippen molar-refractivity contribution in [2.75, 3.05) is 18.0 Å². The van der Waals surface area contributed by atoms with Crippen LogP contribution in [-0.4, -0.2) is 32.8 Å². The van der Waals surface area contributed by atoms with Crippen molar-refractivity contribution in [1.82, 2.24) is 19.7 Å². The molecule has 0 atom stereocenters. The van der Waals surface area contributed by atoms with E-state index >= 15 is 0 Å². The molecular formula is C15H21N5. The van der Waals surface area contributed by atoms with Crippen LogP contribution in [0.15, 0.2) is 24.5 Å². The highest BCUT2D eigenvalue weighted by Gasteiger charge is 2.21. The van der Waals surface area contributed by atoms with Crippen LogP contribution in [0.3, 0.4) is 0 Å². The fraction of sp³-hybridized carbons (Fsp3) is 0.533. The Labute approximate surface area is 119 Å². The maximum absolute atomic E-state index is 4.56. The van der Waals surface area contributed by atoms with Crippen LogP contribution in [0.1, 0.15) is 24.2 Å². The molecule has 5 nitrogen and oxygen atoms in total. The average Bonchev–Trinajstić information content (AvgIpc) is 2.91. The van der Waals surface area contributed by atoms with Crippen LogP contribution in [0.25, 0.3) is 0 Å². The second kappa shape index (κ2) is 5.61. The van der Waals surface area contributed by atoms with Crippen LogP contribution in [0.4, 0.5) is 5.95 Å². The SMILES string of the molecule is Cc1cc(C)nc(N2CCC(Cn3cccn3)CC2)n1. The summed E-state index contributed by atoms with van der Waals surface area (Å²) in [5.74, 6) is 1.59. The lowest BCUT2D eigenvalue weighted by Gasteiger charge is -2.32. The normalized spacial score (nSPS) is 16.6. The zero-order chi connectivity index (χ0) is 13.9. The van der Waals surface area contributed by atoms with E-state index in [-0.39, 0.29) is 0 Å². The van der Waals surface area contributed by atoms with Crippen molar-refractivity contribution in [3.8, 4) is 0 Å². The van der Waals surface area contributed by atoms with Gasteiger partial charge in [-0.15, -0.1) is 0 Å². The molecule has 0 amide bonds. The number of nitrogens with zero attached hydrogens (tertiary/aromatic N) is 5. The summed E-state index contributed by atoms with van der Waals surface area (Å²) >= 11 is 0. The van der Waals surface area contributed by atoms with Gasteiger partial charge < -0.3 is 4.90 Å². The van der Waals surface area contributed by atoms with Gasteiger partial charge in [0.1, 0.15) is 0 Å². The van der Waals surface area contributed by atoms with Crippen molar-refractivity contribution >= 4 is 5.95 Å². The molecule has 3 rings (SSSR count). The Morgan fingerprint density at radius 1 is 1.15 bits per heavy atom. The van der Waals surface area contributed by atoms with Crippen LogP contribution in [0.5, 0.6) is 0 Å². The van der Waals surface area contributed by atoms with Gasteiger partial charge in [0, 0.05) is 43.4 Å². The molecule has 20 heavy (non-hydrogen) atoms. The van der Waals surface area contributed by atoms with E-state index in [2.05, 4.69) is 20.0 Å². The molecular weight excluding hydrogens is 250 g/mol. The summed E-state index contributed by atoms with van der Waals surface area (Å²) in [6.07, 6.45) is 6.24. The summed E-state index contributed by atoms with van der Waals surface area (Å²) in [5.41, 5.74) is 2.09. The topological polar surface area (TPSA) is 46.8 Å².